The first kappa shape index (κ1) is 12.6. The van der Waals surface area contributed by atoms with Crippen molar-refractivity contribution in [2.24, 2.45) is 5.92 Å². The molecule has 23 heavy (non-hydrogen) atoms. The van der Waals surface area contributed by atoms with Crippen molar-refractivity contribution in [2.75, 3.05) is 13.9 Å². The molecule has 114 valence electrons. The monoisotopic (exact) mass is 307 g/mol. The van der Waals surface area contributed by atoms with Gasteiger partial charge in [-0.15, -0.1) is 0 Å². The number of ether oxygens (including phenoxy) is 3. The molecule has 1 aromatic carbocycles. The third-order valence-corrected chi connectivity index (χ3v) is 4.62. The molecule has 2 heterocycles. The fourth-order valence-electron chi connectivity index (χ4n) is 3.69. The minimum absolute atomic E-state index is 0.0183. The van der Waals surface area contributed by atoms with Crippen molar-refractivity contribution in [1.82, 2.24) is 5.32 Å². The van der Waals surface area contributed by atoms with Crippen molar-refractivity contribution >= 4 is 11.3 Å². The van der Waals surface area contributed by atoms with E-state index in [0.29, 0.717) is 22.5 Å². The van der Waals surface area contributed by atoms with Gasteiger partial charge < -0.3 is 19.5 Å². The van der Waals surface area contributed by atoms with E-state index < -0.39 is 0 Å². The van der Waals surface area contributed by atoms with Gasteiger partial charge in [-0.05, 0) is 23.8 Å². The normalized spacial score (nSPS) is 22.5. The van der Waals surface area contributed by atoms with Gasteiger partial charge in [0.05, 0.1) is 13.0 Å². The van der Waals surface area contributed by atoms with Gasteiger partial charge in [0.1, 0.15) is 0 Å². The second kappa shape index (κ2) is 4.29. The Hall–Kier alpha value is -2.95. The molecule has 0 spiro atoms. The summed E-state index contributed by atoms with van der Waals surface area (Å²) in [4.78, 5) is 13.0. The third-order valence-electron chi connectivity index (χ3n) is 4.62. The van der Waals surface area contributed by atoms with E-state index in [1.54, 1.807) is 6.07 Å². The first-order valence-electron chi connectivity index (χ1n) is 7.40. The Bertz CT molecular complexity index is 1030. The zero-order chi connectivity index (χ0) is 15.6. The van der Waals surface area contributed by atoms with Crippen LogP contribution in [0.5, 0.6) is 5.75 Å². The topological polar surface area (TPSA) is 56.8 Å². The van der Waals surface area contributed by atoms with Crippen LogP contribution in [0.15, 0.2) is 58.4 Å². The summed E-state index contributed by atoms with van der Waals surface area (Å²) < 4.78 is 16.5. The Balaban J connectivity index is 2.03. The fourth-order valence-corrected chi connectivity index (χ4v) is 3.69. The summed E-state index contributed by atoms with van der Waals surface area (Å²) in [7, 11) is 1.51. The third kappa shape index (κ3) is 1.49. The second-order valence-corrected chi connectivity index (χ2v) is 5.69. The molecule has 1 unspecified atom stereocenters. The number of hydrogen-bond donors (Lipinski definition) is 1. The van der Waals surface area contributed by atoms with Crippen LogP contribution in [0.4, 0.5) is 0 Å². The predicted molar refractivity (Wildman–Crippen MR) is 83.2 cm³/mol. The highest BCUT2D eigenvalue weighted by Gasteiger charge is 2.40. The fraction of sp³-hybridized carbons (Fsp3) is 0.167. The Morgan fingerprint density at radius 2 is 2.22 bits per heavy atom. The van der Waals surface area contributed by atoms with Crippen molar-refractivity contribution in [2.45, 2.75) is 0 Å². The standard InChI is InChI=1S/C18H13NO4/c1-21-11-4-2-3-10-14(17(11)20)15-13-9(5-6-19-16(10)13)7-12-18(15)23-8-22-12/h2-7,13,19H,8H2,1H3. The van der Waals surface area contributed by atoms with Crippen LogP contribution in [-0.4, -0.2) is 13.9 Å². The van der Waals surface area contributed by atoms with Crippen molar-refractivity contribution in [3.63, 3.8) is 0 Å². The zero-order valence-corrected chi connectivity index (χ0v) is 12.4. The van der Waals surface area contributed by atoms with Crippen molar-refractivity contribution in [1.29, 1.82) is 0 Å². The van der Waals surface area contributed by atoms with Crippen LogP contribution < -0.4 is 25.9 Å². The molecule has 4 aliphatic rings. The SMILES string of the molecule is COc1cccc2c(c1=O)=C1C3=C(C=C4C=CNC=2C41)OCO3. The highest BCUT2D eigenvalue weighted by molar-refractivity contribution is 5.86. The van der Waals surface area contributed by atoms with E-state index >= 15 is 0 Å². The van der Waals surface area contributed by atoms with E-state index in [1.165, 1.54) is 7.11 Å². The molecule has 1 N–H and O–H groups in total. The lowest BCUT2D eigenvalue weighted by atomic mass is 9.83. The number of allylic oxidation sites excluding steroid dienone is 3. The highest BCUT2D eigenvalue weighted by atomic mass is 16.7. The average molecular weight is 307 g/mol. The van der Waals surface area contributed by atoms with E-state index in [1.807, 2.05) is 30.5 Å². The molecule has 1 aromatic rings. The summed E-state index contributed by atoms with van der Waals surface area (Å²) in [5.41, 5.74) is 2.84. The Morgan fingerprint density at radius 1 is 1.30 bits per heavy atom. The second-order valence-electron chi connectivity index (χ2n) is 5.69. The molecule has 0 bridgehead atoms. The molecule has 5 nitrogen and oxygen atoms in total. The maximum absolute atomic E-state index is 13.0. The molecule has 0 fully saturated rings. The highest BCUT2D eigenvalue weighted by Crippen LogP contribution is 2.44. The molecule has 1 atom stereocenters. The van der Waals surface area contributed by atoms with Crippen LogP contribution in [0.25, 0.3) is 11.3 Å². The van der Waals surface area contributed by atoms with Gasteiger partial charge in [-0.1, -0.05) is 12.1 Å². The molecule has 0 radical (unpaired) electrons. The van der Waals surface area contributed by atoms with Crippen LogP contribution in [0.2, 0.25) is 0 Å². The lowest BCUT2D eigenvalue weighted by Gasteiger charge is -2.27. The summed E-state index contributed by atoms with van der Waals surface area (Å²) in [6.45, 7) is 0.177. The van der Waals surface area contributed by atoms with E-state index in [9.17, 15) is 4.79 Å². The summed E-state index contributed by atoms with van der Waals surface area (Å²) >= 11 is 0. The molecule has 0 amide bonds. The van der Waals surface area contributed by atoms with Gasteiger partial charge >= 0.3 is 0 Å². The van der Waals surface area contributed by atoms with Gasteiger partial charge in [0.2, 0.25) is 12.2 Å². The molecule has 0 saturated carbocycles. The Kier molecular flexibility index (Phi) is 2.34. The molecule has 0 aromatic heterocycles. The summed E-state index contributed by atoms with van der Waals surface area (Å²) in [5, 5.41) is 4.82. The van der Waals surface area contributed by atoms with Gasteiger partial charge in [-0.3, -0.25) is 4.79 Å². The lowest BCUT2D eigenvalue weighted by molar-refractivity contribution is 0.0787. The molecule has 2 aliphatic carbocycles. The smallest absolute Gasteiger partial charge is 0.231 e. The lowest BCUT2D eigenvalue weighted by Crippen LogP contribution is -2.37. The first-order chi connectivity index (χ1) is 11.3. The van der Waals surface area contributed by atoms with Crippen LogP contribution in [-0.2, 0) is 9.47 Å². The molecule has 2 aliphatic heterocycles. The largest absolute Gasteiger partial charge is 0.493 e. The van der Waals surface area contributed by atoms with Crippen LogP contribution in [0.1, 0.15) is 0 Å². The van der Waals surface area contributed by atoms with E-state index in [4.69, 9.17) is 14.2 Å². The van der Waals surface area contributed by atoms with Crippen molar-refractivity contribution in [3.05, 3.63) is 74.3 Å². The van der Waals surface area contributed by atoms with Crippen LogP contribution >= 0.6 is 0 Å². The summed E-state index contributed by atoms with van der Waals surface area (Å²) in [5.74, 6) is 1.66. The van der Waals surface area contributed by atoms with E-state index in [2.05, 4.69) is 5.32 Å². The molecule has 0 saturated heterocycles. The minimum Gasteiger partial charge on any atom is -0.493 e. The maximum Gasteiger partial charge on any atom is 0.231 e. The molecule has 5 rings (SSSR count). The minimum atomic E-state index is -0.130. The van der Waals surface area contributed by atoms with Crippen LogP contribution in [0.3, 0.4) is 0 Å². The van der Waals surface area contributed by atoms with Gasteiger partial charge in [-0.25, -0.2) is 0 Å². The first-order valence-corrected chi connectivity index (χ1v) is 7.40. The number of nitrogens with one attached hydrogen (secondary N) is 1. The maximum atomic E-state index is 13.0. The average Bonchev–Trinajstić information content (AvgIpc) is 3.11. The predicted octanol–water partition coefficient (Wildman–Crippen LogP) is 0.217. The number of hydrogen-bond acceptors (Lipinski definition) is 5. The van der Waals surface area contributed by atoms with Gasteiger partial charge in [-0.2, -0.15) is 0 Å². The number of fused-ring (bicyclic) bond motifs is 2. The van der Waals surface area contributed by atoms with Gasteiger partial charge in [0, 0.05) is 27.9 Å². The zero-order valence-electron chi connectivity index (χ0n) is 12.4. The van der Waals surface area contributed by atoms with Gasteiger partial charge in [0.15, 0.2) is 17.3 Å². The number of rotatable bonds is 1. The van der Waals surface area contributed by atoms with Crippen molar-refractivity contribution in [3.8, 4) is 5.75 Å². The number of methoxy groups -OCH3 is 1. The molecular weight excluding hydrogens is 294 g/mol. The molecule has 5 heteroatoms. The van der Waals surface area contributed by atoms with E-state index in [-0.39, 0.29) is 18.1 Å². The summed E-state index contributed by atoms with van der Waals surface area (Å²) in [6, 6.07) is 5.48. The van der Waals surface area contributed by atoms with Crippen LogP contribution in [0, 0.1) is 5.92 Å². The Labute approximate surface area is 131 Å². The van der Waals surface area contributed by atoms with E-state index in [0.717, 1.165) is 22.1 Å². The van der Waals surface area contributed by atoms with Gasteiger partial charge in [0.25, 0.3) is 0 Å². The summed E-state index contributed by atoms with van der Waals surface area (Å²) in [6.07, 6.45) is 5.88. The quantitative estimate of drug-likeness (QED) is 0.804. The molecular formula is C18H13NO4. The van der Waals surface area contributed by atoms with Crippen molar-refractivity contribution < 1.29 is 14.2 Å². The Morgan fingerprint density at radius 3 is 3.09 bits per heavy atom.